The summed E-state index contributed by atoms with van der Waals surface area (Å²) in [5, 5.41) is 11.6. The molecule has 3 atom stereocenters. The van der Waals surface area contributed by atoms with Crippen molar-refractivity contribution in [2.75, 3.05) is 6.54 Å². The molecule has 1 aromatic carbocycles. The summed E-state index contributed by atoms with van der Waals surface area (Å²) in [5.41, 5.74) is 3.19. The fourth-order valence-electron chi connectivity index (χ4n) is 4.20. The van der Waals surface area contributed by atoms with Gasteiger partial charge in [-0.1, -0.05) is 12.1 Å². The second-order valence-electron chi connectivity index (χ2n) is 7.37. The highest BCUT2D eigenvalue weighted by Gasteiger charge is 2.31. The fourth-order valence-corrected chi connectivity index (χ4v) is 4.20. The molecule has 0 radical (unpaired) electrons. The van der Waals surface area contributed by atoms with Gasteiger partial charge in [-0.05, 0) is 50.3 Å². The number of nitrogens with zero attached hydrogens (tertiary/aromatic N) is 2. The van der Waals surface area contributed by atoms with Crippen LogP contribution >= 0.6 is 0 Å². The van der Waals surface area contributed by atoms with Crippen molar-refractivity contribution < 1.29 is 9.59 Å². The average Bonchev–Trinajstić information content (AvgIpc) is 2.91. The molecule has 2 fully saturated rings. The van der Waals surface area contributed by atoms with E-state index in [1.807, 2.05) is 11.7 Å². The second-order valence-corrected chi connectivity index (χ2v) is 7.37. The maximum absolute atomic E-state index is 12.2. The molecule has 6 heteroatoms. The minimum atomic E-state index is -0.342. The molecule has 6 nitrogen and oxygen atoms in total. The molecular weight excluding hydrogens is 316 g/mol. The smallest absolute Gasteiger partial charge is 0.235 e. The van der Waals surface area contributed by atoms with Crippen LogP contribution in [0.5, 0.6) is 0 Å². The molecule has 1 unspecified atom stereocenters. The number of benzene rings is 1. The van der Waals surface area contributed by atoms with Crippen LogP contribution in [0.25, 0.3) is 10.9 Å². The van der Waals surface area contributed by atoms with Gasteiger partial charge in [-0.3, -0.25) is 19.6 Å². The third-order valence-electron chi connectivity index (χ3n) is 5.57. The Morgan fingerprint density at radius 1 is 1.24 bits per heavy atom. The molecule has 2 amide bonds. The number of rotatable bonds is 2. The molecular formula is C19H24N4O2. The first kappa shape index (κ1) is 16.3. The topological polar surface area (TPSA) is 76.0 Å². The quantitative estimate of drug-likeness (QED) is 0.820. The fraction of sp³-hybridized carbons (Fsp3) is 0.526. The Labute approximate surface area is 147 Å². The first-order chi connectivity index (χ1) is 12.0. The van der Waals surface area contributed by atoms with Crippen LogP contribution in [0.3, 0.4) is 0 Å². The van der Waals surface area contributed by atoms with Gasteiger partial charge < -0.3 is 5.32 Å². The van der Waals surface area contributed by atoms with E-state index in [1.54, 1.807) is 0 Å². The molecule has 3 heterocycles. The lowest BCUT2D eigenvalue weighted by Gasteiger charge is -2.28. The molecule has 25 heavy (non-hydrogen) atoms. The Balaban J connectivity index is 1.69. The van der Waals surface area contributed by atoms with Crippen LogP contribution < -0.4 is 10.6 Å². The van der Waals surface area contributed by atoms with Crippen LogP contribution in [-0.4, -0.2) is 34.2 Å². The predicted molar refractivity (Wildman–Crippen MR) is 95.3 cm³/mol. The number of carbonyl (C=O) groups is 2. The summed E-state index contributed by atoms with van der Waals surface area (Å²) in [4.78, 5) is 23.6. The number of hydrogen-bond donors (Lipinski definition) is 2. The van der Waals surface area contributed by atoms with E-state index in [0.717, 1.165) is 36.0 Å². The SMILES string of the molecule is C[C@H]1C[C@H](c2ccc3c(C4CCC(=O)NC4=O)nn(C)c3c2)CCN1. The van der Waals surface area contributed by atoms with Crippen LogP contribution in [0.2, 0.25) is 0 Å². The van der Waals surface area contributed by atoms with Gasteiger partial charge >= 0.3 is 0 Å². The van der Waals surface area contributed by atoms with E-state index in [2.05, 4.69) is 40.9 Å². The van der Waals surface area contributed by atoms with Crippen LogP contribution in [0, 0.1) is 0 Å². The third kappa shape index (κ3) is 2.95. The number of aromatic nitrogens is 2. The van der Waals surface area contributed by atoms with Gasteiger partial charge in [0.15, 0.2) is 0 Å². The summed E-state index contributed by atoms with van der Waals surface area (Å²) in [6.07, 6.45) is 3.20. The van der Waals surface area contributed by atoms with E-state index in [0.29, 0.717) is 24.8 Å². The van der Waals surface area contributed by atoms with Gasteiger partial charge in [0.25, 0.3) is 0 Å². The molecule has 2 aliphatic rings. The standard InChI is InChI=1S/C19H24N4O2/c1-11-9-13(7-8-20-11)12-3-4-14-16(10-12)23(2)22-18(14)15-5-6-17(24)21-19(15)25/h3-4,10-11,13,15,20H,5-9H2,1-2H3,(H,21,24,25)/t11-,13+,15?/m0/s1. The van der Waals surface area contributed by atoms with E-state index < -0.39 is 0 Å². The first-order valence-corrected chi connectivity index (χ1v) is 9.06. The normalized spacial score (nSPS) is 27.5. The van der Waals surface area contributed by atoms with Crippen molar-refractivity contribution in [3.05, 3.63) is 29.5 Å². The summed E-state index contributed by atoms with van der Waals surface area (Å²) in [7, 11) is 1.92. The predicted octanol–water partition coefficient (Wildman–Crippen LogP) is 1.95. The maximum atomic E-state index is 12.2. The van der Waals surface area contributed by atoms with Crippen LogP contribution in [0.1, 0.15) is 55.7 Å². The molecule has 2 N–H and O–H groups in total. The van der Waals surface area contributed by atoms with E-state index >= 15 is 0 Å². The molecule has 1 aromatic heterocycles. The van der Waals surface area contributed by atoms with Gasteiger partial charge in [0, 0.05) is 24.9 Å². The van der Waals surface area contributed by atoms with Crippen molar-refractivity contribution in [1.82, 2.24) is 20.4 Å². The van der Waals surface area contributed by atoms with Gasteiger partial charge in [0.1, 0.15) is 0 Å². The minimum Gasteiger partial charge on any atom is -0.314 e. The van der Waals surface area contributed by atoms with Crippen LogP contribution in [0.15, 0.2) is 18.2 Å². The van der Waals surface area contributed by atoms with Crippen molar-refractivity contribution in [2.24, 2.45) is 7.05 Å². The molecule has 0 bridgehead atoms. The lowest BCUT2D eigenvalue weighted by atomic mass is 9.86. The van der Waals surface area contributed by atoms with Crippen LogP contribution in [0.4, 0.5) is 0 Å². The number of imide groups is 1. The number of hydrogen-bond acceptors (Lipinski definition) is 4. The van der Waals surface area contributed by atoms with E-state index in [4.69, 9.17) is 0 Å². The monoisotopic (exact) mass is 340 g/mol. The van der Waals surface area contributed by atoms with Crippen LogP contribution in [-0.2, 0) is 16.6 Å². The molecule has 4 rings (SSSR count). The Kier molecular flexibility index (Phi) is 4.07. The summed E-state index contributed by atoms with van der Waals surface area (Å²) in [5.74, 6) is -0.197. The van der Waals surface area contributed by atoms with Crippen molar-refractivity contribution in [2.45, 2.75) is 50.5 Å². The van der Waals surface area contributed by atoms with E-state index in [9.17, 15) is 9.59 Å². The second kappa shape index (κ2) is 6.26. The Morgan fingerprint density at radius 2 is 2.08 bits per heavy atom. The minimum absolute atomic E-state index is 0.191. The number of carbonyl (C=O) groups excluding carboxylic acids is 2. The zero-order valence-electron chi connectivity index (χ0n) is 14.7. The average molecular weight is 340 g/mol. The van der Waals surface area contributed by atoms with Crippen molar-refractivity contribution in [1.29, 1.82) is 0 Å². The maximum Gasteiger partial charge on any atom is 0.235 e. The van der Waals surface area contributed by atoms with E-state index in [-0.39, 0.29) is 17.7 Å². The highest BCUT2D eigenvalue weighted by atomic mass is 16.2. The molecule has 2 saturated heterocycles. The van der Waals surface area contributed by atoms with Crippen molar-refractivity contribution >= 4 is 22.7 Å². The highest BCUT2D eigenvalue weighted by Crippen LogP contribution is 2.34. The molecule has 132 valence electrons. The van der Waals surface area contributed by atoms with Gasteiger partial charge in [0.05, 0.1) is 17.1 Å². The Hall–Kier alpha value is -2.21. The van der Waals surface area contributed by atoms with Gasteiger partial charge in [-0.2, -0.15) is 5.10 Å². The zero-order chi connectivity index (χ0) is 17.6. The third-order valence-corrected chi connectivity index (χ3v) is 5.57. The lowest BCUT2D eigenvalue weighted by Crippen LogP contribution is -2.39. The van der Waals surface area contributed by atoms with Crippen molar-refractivity contribution in [3.63, 3.8) is 0 Å². The number of amides is 2. The molecule has 2 aromatic rings. The molecule has 2 aliphatic heterocycles. The van der Waals surface area contributed by atoms with Crippen molar-refractivity contribution in [3.8, 4) is 0 Å². The summed E-state index contributed by atoms with van der Waals surface area (Å²) in [6.45, 7) is 3.28. The largest absolute Gasteiger partial charge is 0.314 e. The van der Waals surface area contributed by atoms with E-state index in [1.165, 1.54) is 5.56 Å². The summed E-state index contributed by atoms with van der Waals surface area (Å²) >= 11 is 0. The summed E-state index contributed by atoms with van der Waals surface area (Å²) < 4.78 is 1.86. The first-order valence-electron chi connectivity index (χ1n) is 9.06. The highest BCUT2D eigenvalue weighted by molar-refractivity contribution is 6.02. The number of nitrogens with one attached hydrogen (secondary N) is 2. The number of fused-ring (bicyclic) bond motifs is 1. The zero-order valence-corrected chi connectivity index (χ0v) is 14.7. The molecule has 0 spiro atoms. The van der Waals surface area contributed by atoms with Gasteiger partial charge in [-0.15, -0.1) is 0 Å². The Bertz CT molecular complexity index is 841. The number of piperidine rings is 2. The lowest BCUT2D eigenvalue weighted by molar-refractivity contribution is -0.134. The van der Waals surface area contributed by atoms with Gasteiger partial charge in [-0.25, -0.2) is 0 Å². The molecule has 0 saturated carbocycles. The number of aryl methyl sites for hydroxylation is 1. The summed E-state index contributed by atoms with van der Waals surface area (Å²) in [6, 6.07) is 7.05. The van der Waals surface area contributed by atoms with Gasteiger partial charge in [0.2, 0.25) is 11.8 Å². The molecule has 0 aliphatic carbocycles. The Morgan fingerprint density at radius 3 is 2.84 bits per heavy atom.